The van der Waals surface area contributed by atoms with Crippen molar-refractivity contribution in [1.82, 2.24) is 0 Å². The van der Waals surface area contributed by atoms with Gasteiger partial charge in [0.2, 0.25) is 0 Å². The van der Waals surface area contributed by atoms with Gasteiger partial charge in [0.1, 0.15) is 11.4 Å². The Hall–Kier alpha value is -4.00. The number of carbonyl (C=O) groups is 2. The number of aliphatic hydroxyl groups excluding tert-OH is 1. The van der Waals surface area contributed by atoms with E-state index >= 15 is 0 Å². The summed E-state index contributed by atoms with van der Waals surface area (Å²) in [6.45, 7) is 11.2. The summed E-state index contributed by atoms with van der Waals surface area (Å²) in [5.74, 6) is -1.67. The minimum atomic E-state index is -0.895. The number of aliphatic hydroxyl groups is 1. The summed E-state index contributed by atoms with van der Waals surface area (Å²) in [4.78, 5) is 24.6. The number of benzene rings is 3. The van der Waals surface area contributed by atoms with Crippen LogP contribution in [0.1, 0.15) is 58.2 Å². The van der Waals surface area contributed by atoms with Gasteiger partial charge in [-0.2, -0.15) is 0 Å². The Morgan fingerprint density at radius 2 is 1.28 bits per heavy atom. The highest BCUT2D eigenvalue weighted by Gasteiger charge is 2.38. The SMILES string of the molecule is CCOC(=O)/C=C(\C=C\[C@H](C)[C@H](O)[C@@H](C)COC(c1ccccc1)(c1ccccc1)c1ccccc1)OC(=O)C(C)(C)C. The zero-order valence-corrected chi connectivity index (χ0v) is 26.0. The molecule has 6 nitrogen and oxygen atoms in total. The molecule has 0 heterocycles. The third kappa shape index (κ3) is 8.99. The van der Waals surface area contributed by atoms with E-state index in [1.165, 1.54) is 6.08 Å². The first-order valence-corrected chi connectivity index (χ1v) is 14.8. The Bertz CT molecular complexity index is 1260. The van der Waals surface area contributed by atoms with Crippen molar-refractivity contribution in [2.24, 2.45) is 17.3 Å². The number of ether oxygens (including phenoxy) is 3. The second-order valence-corrected chi connectivity index (χ2v) is 11.7. The number of allylic oxidation sites excluding steroid dienone is 1. The van der Waals surface area contributed by atoms with Crippen LogP contribution >= 0.6 is 0 Å². The standard InChI is InChI=1S/C37H44O6/c1-7-41-33(38)25-32(43-35(40)36(4,5)6)24-23-27(2)34(39)28(3)26-42-37(29-17-11-8-12-18-29,30-19-13-9-14-20-30)31-21-15-10-16-22-31/h8-25,27-28,34,39H,7,26H2,1-6H3/b24-23+,32-25+/t27-,28-,34-/m0/s1. The number of esters is 2. The first kappa shape index (κ1) is 33.5. The maximum Gasteiger partial charge on any atom is 0.334 e. The molecule has 0 aromatic heterocycles. The third-order valence-corrected chi connectivity index (χ3v) is 7.16. The van der Waals surface area contributed by atoms with Crippen LogP contribution in [0.4, 0.5) is 0 Å². The molecule has 43 heavy (non-hydrogen) atoms. The van der Waals surface area contributed by atoms with E-state index in [4.69, 9.17) is 14.2 Å². The van der Waals surface area contributed by atoms with E-state index in [1.54, 1.807) is 33.8 Å². The average molecular weight is 585 g/mol. The van der Waals surface area contributed by atoms with Crippen LogP contribution in [0.15, 0.2) is 115 Å². The van der Waals surface area contributed by atoms with Gasteiger partial charge in [0, 0.05) is 11.8 Å². The van der Waals surface area contributed by atoms with Crippen LogP contribution in [-0.2, 0) is 29.4 Å². The Morgan fingerprint density at radius 1 is 0.814 bits per heavy atom. The minimum Gasteiger partial charge on any atom is -0.463 e. The predicted octanol–water partition coefficient (Wildman–Crippen LogP) is 7.22. The molecule has 0 radical (unpaired) electrons. The van der Waals surface area contributed by atoms with Gasteiger partial charge in [0.25, 0.3) is 0 Å². The minimum absolute atomic E-state index is 0.0533. The van der Waals surface area contributed by atoms with Crippen LogP contribution < -0.4 is 0 Å². The van der Waals surface area contributed by atoms with Crippen molar-refractivity contribution in [3.63, 3.8) is 0 Å². The van der Waals surface area contributed by atoms with E-state index in [0.29, 0.717) is 0 Å². The molecule has 3 aromatic carbocycles. The molecule has 0 aliphatic carbocycles. The number of hydrogen-bond acceptors (Lipinski definition) is 6. The molecule has 3 atom stereocenters. The van der Waals surface area contributed by atoms with Gasteiger partial charge in [0.05, 0.1) is 30.8 Å². The lowest BCUT2D eigenvalue weighted by molar-refractivity contribution is -0.148. The Labute approximate surface area is 256 Å². The van der Waals surface area contributed by atoms with Gasteiger partial charge < -0.3 is 19.3 Å². The molecular weight excluding hydrogens is 540 g/mol. The fraction of sp³-hybridized carbons (Fsp3) is 0.351. The van der Waals surface area contributed by atoms with E-state index in [9.17, 15) is 14.7 Å². The van der Waals surface area contributed by atoms with Crippen molar-refractivity contribution in [3.8, 4) is 0 Å². The Kier molecular flexibility index (Phi) is 12.0. The molecule has 0 amide bonds. The van der Waals surface area contributed by atoms with Crippen LogP contribution in [0, 0.1) is 17.3 Å². The molecule has 1 N–H and O–H groups in total. The van der Waals surface area contributed by atoms with Crippen molar-refractivity contribution < 1.29 is 28.9 Å². The fourth-order valence-electron chi connectivity index (χ4n) is 4.67. The van der Waals surface area contributed by atoms with Crippen molar-refractivity contribution in [1.29, 1.82) is 0 Å². The van der Waals surface area contributed by atoms with E-state index < -0.39 is 29.1 Å². The molecule has 0 fully saturated rings. The molecule has 0 spiro atoms. The fourth-order valence-corrected chi connectivity index (χ4v) is 4.67. The summed E-state index contributed by atoms with van der Waals surface area (Å²) < 4.78 is 17.4. The van der Waals surface area contributed by atoms with Gasteiger partial charge in [-0.3, -0.25) is 4.79 Å². The molecule has 0 aliphatic rings. The van der Waals surface area contributed by atoms with Crippen molar-refractivity contribution in [2.45, 2.75) is 53.2 Å². The lowest BCUT2D eigenvalue weighted by atomic mass is 9.80. The molecule has 0 bridgehead atoms. The lowest BCUT2D eigenvalue weighted by Crippen LogP contribution is -2.37. The summed E-state index contributed by atoms with van der Waals surface area (Å²) in [5, 5.41) is 11.3. The zero-order valence-electron chi connectivity index (χ0n) is 26.0. The van der Waals surface area contributed by atoms with E-state index in [1.807, 2.05) is 68.4 Å². The monoisotopic (exact) mass is 584 g/mol. The van der Waals surface area contributed by atoms with Crippen LogP contribution in [0.5, 0.6) is 0 Å². The molecule has 0 aliphatic heterocycles. The molecule has 3 aromatic rings. The topological polar surface area (TPSA) is 82.1 Å². The summed E-state index contributed by atoms with van der Waals surface area (Å²) in [5.41, 5.74) is 1.29. The number of hydrogen-bond donors (Lipinski definition) is 1. The Balaban J connectivity index is 1.86. The van der Waals surface area contributed by atoms with Crippen LogP contribution in [0.3, 0.4) is 0 Å². The summed E-state index contributed by atoms with van der Waals surface area (Å²) >= 11 is 0. The summed E-state index contributed by atoms with van der Waals surface area (Å²) in [6.07, 6.45) is 3.60. The van der Waals surface area contributed by atoms with Gasteiger partial charge >= 0.3 is 11.9 Å². The first-order valence-electron chi connectivity index (χ1n) is 14.8. The second-order valence-electron chi connectivity index (χ2n) is 11.7. The summed E-state index contributed by atoms with van der Waals surface area (Å²) in [6, 6.07) is 30.3. The van der Waals surface area contributed by atoms with Crippen LogP contribution in [0.25, 0.3) is 0 Å². The lowest BCUT2D eigenvalue weighted by Gasteiger charge is -2.37. The molecule has 0 saturated carbocycles. The highest BCUT2D eigenvalue weighted by atomic mass is 16.5. The highest BCUT2D eigenvalue weighted by Crippen LogP contribution is 2.41. The quantitative estimate of drug-likeness (QED) is 0.0751. The molecule has 0 saturated heterocycles. The largest absolute Gasteiger partial charge is 0.463 e. The molecule has 0 unspecified atom stereocenters. The number of rotatable bonds is 13. The van der Waals surface area contributed by atoms with Gasteiger partial charge in [0.15, 0.2) is 0 Å². The van der Waals surface area contributed by atoms with Crippen LogP contribution in [0.2, 0.25) is 0 Å². The Morgan fingerprint density at radius 3 is 1.70 bits per heavy atom. The third-order valence-electron chi connectivity index (χ3n) is 7.16. The first-order chi connectivity index (χ1) is 20.5. The van der Waals surface area contributed by atoms with Crippen molar-refractivity contribution in [2.75, 3.05) is 13.2 Å². The second kappa shape index (κ2) is 15.5. The van der Waals surface area contributed by atoms with Gasteiger partial charge in [-0.25, -0.2) is 4.79 Å². The molecular formula is C37H44O6. The van der Waals surface area contributed by atoms with Crippen LogP contribution in [-0.4, -0.2) is 36.4 Å². The summed E-state index contributed by atoms with van der Waals surface area (Å²) in [7, 11) is 0. The predicted molar refractivity (Wildman–Crippen MR) is 169 cm³/mol. The average Bonchev–Trinajstić information content (AvgIpc) is 3.00. The van der Waals surface area contributed by atoms with Gasteiger partial charge in [-0.1, -0.05) is 111 Å². The van der Waals surface area contributed by atoms with Crippen molar-refractivity contribution >= 4 is 11.9 Å². The normalized spacial score (nSPS) is 14.6. The maximum atomic E-state index is 12.5. The van der Waals surface area contributed by atoms with Crippen molar-refractivity contribution in [3.05, 3.63) is 132 Å². The molecule has 3 rings (SSSR count). The van der Waals surface area contributed by atoms with E-state index in [-0.39, 0.29) is 30.8 Å². The van der Waals surface area contributed by atoms with E-state index in [0.717, 1.165) is 22.8 Å². The zero-order chi connectivity index (χ0) is 31.5. The highest BCUT2D eigenvalue weighted by molar-refractivity contribution is 5.84. The maximum absolute atomic E-state index is 12.5. The molecule has 228 valence electrons. The molecule has 6 heteroatoms. The smallest absolute Gasteiger partial charge is 0.334 e. The van der Waals surface area contributed by atoms with Gasteiger partial charge in [-0.05, 0) is 50.5 Å². The van der Waals surface area contributed by atoms with Gasteiger partial charge in [-0.15, -0.1) is 0 Å². The number of carbonyl (C=O) groups excluding carboxylic acids is 2. The van der Waals surface area contributed by atoms with E-state index in [2.05, 4.69) is 36.4 Å².